The molecule has 5 rings (SSSR count). The molecule has 0 bridgehead atoms. The van der Waals surface area contributed by atoms with Crippen LogP contribution < -0.4 is 0 Å². The average Bonchev–Trinajstić information content (AvgIpc) is 3.58. The lowest BCUT2D eigenvalue weighted by Gasteiger charge is -2.35. The Hall–Kier alpha value is -2.96. The lowest BCUT2D eigenvalue weighted by molar-refractivity contribution is -0.145. The first-order chi connectivity index (χ1) is 19.8. The molecule has 2 heterocycles. The fourth-order valence-corrected chi connectivity index (χ4v) is 7.60. The van der Waals surface area contributed by atoms with Crippen molar-refractivity contribution in [3.05, 3.63) is 89.2 Å². The summed E-state index contributed by atoms with van der Waals surface area (Å²) in [4.78, 5) is 17.0. The maximum Gasteiger partial charge on any atom is 0.321 e. The zero-order chi connectivity index (χ0) is 28.9. The van der Waals surface area contributed by atoms with Gasteiger partial charge in [-0.3, -0.25) is 14.4 Å². The highest BCUT2D eigenvalue weighted by Gasteiger charge is 2.41. The summed E-state index contributed by atoms with van der Waals surface area (Å²) >= 11 is 0. The predicted octanol–water partition coefficient (Wildman–Crippen LogP) is 6.28. The highest BCUT2D eigenvalue weighted by molar-refractivity contribution is 5.73. The standard InChI is InChI=1S/C35H48N4O2/c1-5-39-33(22-30(36-39)20-26-12-8-6-9-13-26)28-16-18-38(19-17-28)24-29-21-31(37(4)34(25(2)3)35(40)41)23-32(29)27-14-10-7-11-15-27/h6-15,22,25,28-29,31-32,34H,5,16-21,23-24H2,1-4H3,(H,40,41)/t29?,31?,32?,34-/m1/s1. The van der Waals surface area contributed by atoms with Gasteiger partial charge in [0.25, 0.3) is 0 Å². The number of carboxylic acids is 1. The molecule has 1 aromatic heterocycles. The molecule has 1 saturated carbocycles. The molecule has 41 heavy (non-hydrogen) atoms. The van der Waals surface area contributed by atoms with Gasteiger partial charge in [0, 0.05) is 37.2 Å². The van der Waals surface area contributed by atoms with E-state index in [1.807, 2.05) is 20.9 Å². The molecule has 1 aliphatic heterocycles. The summed E-state index contributed by atoms with van der Waals surface area (Å²) in [5, 5.41) is 14.9. The predicted molar refractivity (Wildman–Crippen MR) is 165 cm³/mol. The van der Waals surface area contributed by atoms with E-state index in [1.165, 1.54) is 22.5 Å². The van der Waals surface area contributed by atoms with Crippen molar-refractivity contribution in [2.45, 2.75) is 83.3 Å². The molecule has 2 aromatic carbocycles. The molecule has 3 aromatic rings. The first-order valence-electron chi connectivity index (χ1n) is 15.7. The van der Waals surface area contributed by atoms with Crippen LogP contribution in [0.5, 0.6) is 0 Å². The molecule has 2 fully saturated rings. The molecule has 1 aliphatic carbocycles. The Bertz CT molecular complexity index is 1250. The van der Waals surface area contributed by atoms with Gasteiger partial charge in [-0.25, -0.2) is 0 Å². The van der Waals surface area contributed by atoms with Crippen molar-refractivity contribution in [1.82, 2.24) is 19.6 Å². The van der Waals surface area contributed by atoms with Gasteiger partial charge >= 0.3 is 5.97 Å². The largest absolute Gasteiger partial charge is 0.480 e. The molecule has 1 N–H and O–H groups in total. The topological polar surface area (TPSA) is 61.6 Å². The molecule has 0 radical (unpaired) electrons. The molecule has 6 nitrogen and oxygen atoms in total. The number of aliphatic carboxylic acids is 1. The monoisotopic (exact) mass is 556 g/mol. The number of nitrogens with zero attached hydrogens (tertiary/aromatic N) is 4. The molecule has 0 amide bonds. The van der Waals surface area contributed by atoms with Crippen LogP contribution in [0.2, 0.25) is 0 Å². The normalized spacial score (nSPS) is 22.9. The molecule has 3 unspecified atom stereocenters. The summed E-state index contributed by atoms with van der Waals surface area (Å²) in [6, 6.07) is 23.7. The van der Waals surface area contributed by atoms with Gasteiger partial charge in [-0.15, -0.1) is 0 Å². The molecular formula is C35H48N4O2. The van der Waals surface area contributed by atoms with Gasteiger partial charge in [0.1, 0.15) is 6.04 Å². The molecule has 6 heteroatoms. The third-order valence-electron chi connectivity index (χ3n) is 9.68. The fourth-order valence-electron chi connectivity index (χ4n) is 7.60. The Morgan fingerprint density at radius 3 is 2.29 bits per heavy atom. The number of hydrogen-bond acceptors (Lipinski definition) is 4. The third-order valence-corrected chi connectivity index (χ3v) is 9.68. The maximum atomic E-state index is 12.1. The summed E-state index contributed by atoms with van der Waals surface area (Å²) in [5.74, 6) is 0.919. The van der Waals surface area contributed by atoms with Crippen LogP contribution in [0.4, 0.5) is 0 Å². The van der Waals surface area contributed by atoms with Gasteiger partial charge < -0.3 is 10.0 Å². The Morgan fingerprint density at radius 1 is 1.02 bits per heavy atom. The van der Waals surface area contributed by atoms with E-state index in [9.17, 15) is 9.90 Å². The molecule has 4 atom stereocenters. The van der Waals surface area contributed by atoms with E-state index in [0.717, 1.165) is 58.3 Å². The lowest BCUT2D eigenvalue weighted by atomic mass is 9.87. The third kappa shape index (κ3) is 6.92. The zero-order valence-corrected chi connectivity index (χ0v) is 25.3. The molecule has 220 valence electrons. The van der Waals surface area contributed by atoms with Crippen LogP contribution in [-0.2, 0) is 17.8 Å². The molecular weight excluding hydrogens is 508 g/mol. The number of aromatic nitrogens is 2. The first kappa shape index (κ1) is 29.5. The Balaban J connectivity index is 1.24. The van der Waals surface area contributed by atoms with Crippen LogP contribution in [0.15, 0.2) is 66.7 Å². The van der Waals surface area contributed by atoms with Gasteiger partial charge in [-0.2, -0.15) is 5.10 Å². The second-order valence-electron chi connectivity index (χ2n) is 12.7. The number of hydrogen-bond donors (Lipinski definition) is 1. The van der Waals surface area contributed by atoms with E-state index in [4.69, 9.17) is 5.10 Å². The van der Waals surface area contributed by atoms with Gasteiger partial charge in [0.2, 0.25) is 0 Å². The van der Waals surface area contributed by atoms with Crippen LogP contribution >= 0.6 is 0 Å². The van der Waals surface area contributed by atoms with Crippen LogP contribution in [0.1, 0.15) is 80.8 Å². The van der Waals surface area contributed by atoms with E-state index in [0.29, 0.717) is 17.8 Å². The second-order valence-corrected chi connectivity index (χ2v) is 12.7. The van der Waals surface area contributed by atoms with Gasteiger partial charge in [-0.05, 0) is 87.7 Å². The van der Waals surface area contributed by atoms with Crippen molar-refractivity contribution in [3.63, 3.8) is 0 Å². The number of aryl methyl sites for hydroxylation is 1. The number of benzene rings is 2. The quantitative estimate of drug-likeness (QED) is 0.301. The summed E-state index contributed by atoms with van der Waals surface area (Å²) in [6.45, 7) is 10.5. The van der Waals surface area contributed by atoms with E-state index >= 15 is 0 Å². The van der Waals surface area contributed by atoms with Gasteiger partial charge in [-0.1, -0.05) is 74.5 Å². The highest BCUT2D eigenvalue weighted by Crippen LogP contribution is 2.43. The van der Waals surface area contributed by atoms with Gasteiger partial charge in [0.15, 0.2) is 0 Å². The Kier molecular flexibility index (Phi) is 9.61. The summed E-state index contributed by atoms with van der Waals surface area (Å²) in [7, 11) is 2.03. The second kappa shape index (κ2) is 13.3. The van der Waals surface area contributed by atoms with E-state index < -0.39 is 12.0 Å². The number of carbonyl (C=O) groups is 1. The highest BCUT2D eigenvalue weighted by atomic mass is 16.4. The van der Waals surface area contributed by atoms with Crippen molar-refractivity contribution in [1.29, 1.82) is 0 Å². The van der Waals surface area contributed by atoms with Crippen molar-refractivity contribution in [3.8, 4) is 0 Å². The van der Waals surface area contributed by atoms with E-state index in [-0.39, 0.29) is 12.0 Å². The molecule has 0 spiro atoms. The molecule has 1 saturated heterocycles. The van der Waals surface area contributed by atoms with E-state index in [2.05, 4.69) is 88.1 Å². The Labute approximate surface area is 246 Å². The zero-order valence-electron chi connectivity index (χ0n) is 25.3. The summed E-state index contributed by atoms with van der Waals surface area (Å²) < 4.78 is 2.23. The SMILES string of the molecule is CCn1nc(Cc2ccccc2)cc1C1CCN(CC2CC(N(C)[C@@H](C(=O)O)C(C)C)CC2c2ccccc2)CC1. The van der Waals surface area contributed by atoms with Crippen molar-refractivity contribution in [2.24, 2.45) is 11.8 Å². The number of likely N-dealkylation sites (tertiary alicyclic amines) is 1. The van der Waals surface area contributed by atoms with Crippen molar-refractivity contribution in [2.75, 3.05) is 26.7 Å². The molecule has 2 aliphatic rings. The smallest absolute Gasteiger partial charge is 0.321 e. The van der Waals surface area contributed by atoms with Crippen molar-refractivity contribution >= 4 is 5.97 Å². The summed E-state index contributed by atoms with van der Waals surface area (Å²) in [6.07, 6.45) is 5.29. The van der Waals surface area contributed by atoms with Crippen molar-refractivity contribution < 1.29 is 9.90 Å². The lowest BCUT2D eigenvalue weighted by Crippen LogP contribution is -2.47. The minimum atomic E-state index is -0.706. The minimum absolute atomic E-state index is 0.0792. The number of likely N-dealkylation sites (N-methyl/N-ethyl adjacent to an activating group) is 1. The first-order valence-corrected chi connectivity index (χ1v) is 15.7. The number of rotatable bonds is 11. The Morgan fingerprint density at radius 2 is 1.68 bits per heavy atom. The number of carboxylic acid groups (broad SMARTS) is 1. The number of piperidine rings is 1. The fraction of sp³-hybridized carbons (Fsp3) is 0.543. The maximum absolute atomic E-state index is 12.1. The van der Waals surface area contributed by atoms with Gasteiger partial charge in [0.05, 0.1) is 5.69 Å². The minimum Gasteiger partial charge on any atom is -0.480 e. The van der Waals surface area contributed by atoms with Crippen LogP contribution in [0, 0.1) is 11.8 Å². The van der Waals surface area contributed by atoms with Crippen LogP contribution in [0.3, 0.4) is 0 Å². The summed E-state index contributed by atoms with van der Waals surface area (Å²) in [5.41, 5.74) is 5.28. The van der Waals surface area contributed by atoms with E-state index in [1.54, 1.807) is 0 Å². The van der Waals surface area contributed by atoms with Crippen LogP contribution in [0.25, 0.3) is 0 Å². The van der Waals surface area contributed by atoms with Crippen LogP contribution in [-0.4, -0.2) is 69.4 Å². The average molecular weight is 557 g/mol.